The van der Waals surface area contributed by atoms with E-state index in [1.807, 2.05) is 71.6 Å². The Kier molecular flexibility index (Phi) is 11.9. The number of benzene rings is 3. The number of hydrogen-bond acceptors (Lipinski definition) is 12. The van der Waals surface area contributed by atoms with Crippen molar-refractivity contribution in [3.8, 4) is 22.8 Å². The molecule has 1 amide bonds. The lowest BCUT2D eigenvalue weighted by atomic mass is 10.1. The number of anilines is 4. The minimum absolute atomic E-state index is 0.0193. The van der Waals surface area contributed by atoms with Crippen LogP contribution in [0.25, 0.3) is 11.3 Å². The topological polar surface area (TPSA) is 131 Å². The van der Waals surface area contributed by atoms with Gasteiger partial charge in [-0.2, -0.15) is 4.98 Å². The number of morpholine rings is 2. The standard InChI is InChI=1S/C43H47N9O5S/c1-29-4-9-32(40(53)49-16-20-56-21-17-49)24-37(29)46-43(58)52-15-14-36-38(47-42(48-39(36)52)50-18-22-57-23-19-50)33-25-44-41(45-26-33)51(27-30-5-10-34(54-2)11-6-30)28-31-7-12-35(55-3)13-8-31/h4-13,24-26H,14-23,27-28H2,1-3H3,(H,46,58). The van der Waals surface area contributed by atoms with Crippen molar-refractivity contribution in [2.24, 2.45) is 0 Å². The first-order valence-corrected chi connectivity index (χ1v) is 19.9. The van der Waals surface area contributed by atoms with Crippen LogP contribution < -0.4 is 29.5 Å². The van der Waals surface area contributed by atoms with Crippen molar-refractivity contribution in [1.82, 2.24) is 24.8 Å². The zero-order valence-corrected chi connectivity index (χ0v) is 33.8. The monoisotopic (exact) mass is 801 g/mol. The lowest BCUT2D eigenvalue weighted by molar-refractivity contribution is 0.0303. The molecule has 2 saturated heterocycles. The number of nitrogens with one attached hydrogen (secondary N) is 1. The number of methoxy groups -OCH3 is 2. The molecule has 3 aliphatic heterocycles. The van der Waals surface area contributed by atoms with Crippen LogP contribution in [-0.2, 0) is 29.0 Å². The highest BCUT2D eigenvalue weighted by Crippen LogP contribution is 2.36. The van der Waals surface area contributed by atoms with Gasteiger partial charge in [0.25, 0.3) is 5.91 Å². The number of nitrogens with zero attached hydrogens (tertiary/aromatic N) is 8. The van der Waals surface area contributed by atoms with E-state index in [0.29, 0.717) is 101 Å². The number of rotatable bonds is 11. The molecule has 0 atom stereocenters. The Bertz CT molecular complexity index is 2180. The smallest absolute Gasteiger partial charge is 0.254 e. The molecule has 5 heterocycles. The van der Waals surface area contributed by atoms with Crippen molar-refractivity contribution in [3.63, 3.8) is 0 Å². The summed E-state index contributed by atoms with van der Waals surface area (Å²) in [7, 11) is 3.33. The van der Waals surface area contributed by atoms with E-state index < -0.39 is 0 Å². The Morgan fingerprint density at radius 1 is 0.810 bits per heavy atom. The van der Waals surface area contributed by atoms with E-state index >= 15 is 0 Å². The fraction of sp³-hybridized carbons (Fsp3) is 0.349. The van der Waals surface area contributed by atoms with Crippen LogP contribution in [0.1, 0.15) is 32.6 Å². The molecule has 3 aromatic carbocycles. The molecule has 15 heteroatoms. The highest BCUT2D eigenvalue weighted by atomic mass is 32.1. The second kappa shape index (κ2) is 17.7. The number of aryl methyl sites for hydroxylation is 1. The van der Waals surface area contributed by atoms with Crippen molar-refractivity contribution >= 4 is 46.6 Å². The SMILES string of the molecule is COc1ccc(CN(Cc2ccc(OC)cc2)c2ncc(-c3nc(N4CCOCC4)nc4c3CCN4C(=S)Nc3cc(C(=O)N4CCOCC4)ccc3C)cn2)cc1. The summed E-state index contributed by atoms with van der Waals surface area (Å²) in [6.45, 7) is 8.54. The van der Waals surface area contributed by atoms with E-state index in [0.717, 1.165) is 56.5 Å². The van der Waals surface area contributed by atoms with Crippen molar-refractivity contribution in [2.75, 3.05) is 93.4 Å². The van der Waals surface area contributed by atoms with Gasteiger partial charge in [0.05, 0.1) is 46.3 Å². The average molecular weight is 802 g/mol. The molecule has 0 aliphatic carbocycles. The van der Waals surface area contributed by atoms with Crippen LogP contribution in [0.4, 0.5) is 23.4 Å². The van der Waals surface area contributed by atoms with Crippen LogP contribution in [0, 0.1) is 6.92 Å². The van der Waals surface area contributed by atoms with Gasteiger partial charge in [0.2, 0.25) is 11.9 Å². The van der Waals surface area contributed by atoms with Crippen LogP contribution >= 0.6 is 12.2 Å². The minimum atomic E-state index is -0.0193. The predicted molar refractivity (Wildman–Crippen MR) is 227 cm³/mol. The molecule has 3 aliphatic rings. The Hall–Kier alpha value is -5.90. The number of fused-ring (bicyclic) bond motifs is 1. The molecular formula is C43H47N9O5S. The highest BCUT2D eigenvalue weighted by Gasteiger charge is 2.31. The maximum absolute atomic E-state index is 13.3. The van der Waals surface area contributed by atoms with Crippen LogP contribution in [0.3, 0.4) is 0 Å². The molecule has 8 rings (SSSR count). The highest BCUT2D eigenvalue weighted by molar-refractivity contribution is 7.80. The molecule has 0 bridgehead atoms. The quantitative estimate of drug-likeness (QED) is 0.168. The molecule has 2 aromatic heterocycles. The van der Waals surface area contributed by atoms with E-state index in [1.54, 1.807) is 14.2 Å². The van der Waals surface area contributed by atoms with Gasteiger partial charge in [0.1, 0.15) is 17.3 Å². The molecule has 0 spiro atoms. The van der Waals surface area contributed by atoms with E-state index in [1.165, 1.54) is 0 Å². The summed E-state index contributed by atoms with van der Waals surface area (Å²) in [5.74, 6) is 3.52. The summed E-state index contributed by atoms with van der Waals surface area (Å²) in [6.07, 6.45) is 4.37. The second-order valence-corrected chi connectivity index (χ2v) is 14.8. The van der Waals surface area contributed by atoms with E-state index in [-0.39, 0.29) is 5.91 Å². The Balaban J connectivity index is 1.08. The molecule has 0 saturated carbocycles. The minimum Gasteiger partial charge on any atom is -0.497 e. The van der Waals surface area contributed by atoms with E-state index in [4.69, 9.17) is 51.1 Å². The fourth-order valence-corrected chi connectivity index (χ4v) is 7.60. The molecule has 58 heavy (non-hydrogen) atoms. The third kappa shape index (κ3) is 8.66. The molecular weight excluding hydrogens is 755 g/mol. The van der Waals surface area contributed by atoms with Gasteiger partial charge in [-0.3, -0.25) is 4.79 Å². The Labute approximate surface area is 343 Å². The third-order valence-corrected chi connectivity index (χ3v) is 11.0. The maximum atomic E-state index is 13.3. The summed E-state index contributed by atoms with van der Waals surface area (Å²) >= 11 is 6.07. The van der Waals surface area contributed by atoms with Crippen molar-refractivity contribution in [2.45, 2.75) is 26.4 Å². The zero-order valence-electron chi connectivity index (χ0n) is 33.0. The maximum Gasteiger partial charge on any atom is 0.254 e. The molecule has 300 valence electrons. The third-order valence-electron chi connectivity index (χ3n) is 10.6. The van der Waals surface area contributed by atoms with Crippen molar-refractivity contribution in [3.05, 3.63) is 107 Å². The van der Waals surface area contributed by atoms with Gasteiger partial charge in [-0.15, -0.1) is 0 Å². The summed E-state index contributed by atoms with van der Waals surface area (Å²) in [4.78, 5) is 41.6. The Morgan fingerprint density at radius 3 is 2.02 bits per heavy atom. The molecule has 5 aromatic rings. The van der Waals surface area contributed by atoms with Gasteiger partial charge in [0.15, 0.2) is 5.11 Å². The number of hydrogen-bond donors (Lipinski definition) is 1. The van der Waals surface area contributed by atoms with Crippen LogP contribution in [0.2, 0.25) is 0 Å². The van der Waals surface area contributed by atoms with Gasteiger partial charge < -0.3 is 43.9 Å². The summed E-state index contributed by atoms with van der Waals surface area (Å²) < 4.78 is 21.9. The number of ether oxygens (including phenoxy) is 4. The van der Waals surface area contributed by atoms with Gasteiger partial charge in [-0.1, -0.05) is 30.3 Å². The fourth-order valence-electron chi connectivity index (χ4n) is 7.31. The van der Waals surface area contributed by atoms with Gasteiger partial charge in [-0.05, 0) is 78.7 Å². The molecule has 2 fully saturated rings. The molecule has 0 radical (unpaired) electrons. The number of aromatic nitrogens is 4. The lowest BCUT2D eigenvalue weighted by Gasteiger charge is -2.29. The van der Waals surface area contributed by atoms with Crippen molar-refractivity contribution < 1.29 is 23.7 Å². The zero-order chi connectivity index (χ0) is 40.0. The molecule has 14 nitrogen and oxygen atoms in total. The largest absolute Gasteiger partial charge is 0.497 e. The van der Waals surface area contributed by atoms with Crippen LogP contribution in [0.15, 0.2) is 79.1 Å². The van der Waals surface area contributed by atoms with Crippen LogP contribution in [-0.4, -0.2) is 109 Å². The number of carbonyl (C=O) groups is 1. The van der Waals surface area contributed by atoms with E-state index in [2.05, 4.69) is 39.4 Å². The normalized spacial score (nSPS) is 15.2. The first kappa shape index (κ1) is 38.9. The second-order valence-electron chi connectivity index (χ2n) is 14.4. The first-order chi connectivity index (χ1) is 28.4. The number of carbonyl (C=O) groups excluding carboxylic acids is 1. The number of thiocarbonyl (C=S) groups is 1. The summed E-state index contributed by atoms with van der Waals surface area (Å²) in [6, 6.07) is 21.8. The Morgan fingerprint density at radius 2 is 1.41 bits per heavy atom. The van der Waals surface area contributed by atoms with E-state index in [9.17, 15) is 4.79 Å². The van der Waals surface area contributed by atoms with Crippen molar-refractivity contribution in [1.29, 1.82) is 0 Å². The average Bonchev–Trinajstić information content (AvgIpc) is 3.72. The molecule has 0 unspecified atom stereocenters. The number of amides is 1. The van der Waals surface area contributed by atoms with Gasteiger partial charge in [-0.25, -0.2) is 15.0 Å². The summed E-state index contributed by atoms with van der Waals surface area (Å²) in [5.41, 5.74) is 7.09. The first-order valence-electron chi connectivity index (χ1n) is 19.5. The van der Waals surface area contributed by atoms with Crippen LogP contribution in [0.5, 0.6) is 11.5 Å². The summed E-state index contributed by atoms with van der Waals surface area (Å²) in [5, 5.41) is 3.94. The lowest BCUT2D eigenvalue weighted by Crippen LogP contribution is -2.40. The van der Waals surface area contributed by atoms with Gasteiger partial charge in [0, 0.05) is 80.6 Å². The predicted octanol–water partition coefficient (Wildman–Crippen LogP) is 5.53. The molecule has 1 N–H and O–H groups in total. The van der Waals surface area contributed by atoms with Gasteiger partial charge >= 0.3 is 0 Å².